The third kappa shape index (κ3) is 11.9. The summed E-state index contributed by atoms with van der Waals surface area (Å²) in [7, 11) is 0. The molecule has 0 unspecified atom stereocenters. The summed E-state index contributed by atoms with van der Waals surface area (Å²) in [6.45, 7) is 16.5. The van der Waals surface area contributed by atoms with Gasteiger partial charge in [0.15, 0.2) is 0 Å². The minimum Gasteiger partial charge on any atom is -0.456 e. The normalized spacial score (nSPS) is 14.6. The Morgan fingerprint density at radius 2 is 0.681 bits per heavy atom. The highest BCUT2D eigenvalue weighted by molar-refractivity contribution is 6.21. The Morgan fingerprint density at radius 3 is 1.22 bits per heavy atom. The van der Waals surface area contributed by atoms with Crippen molar-refractivity contribution in [2.75, 3.05) is 4.90 Å². The van der Waals surface area contributed by atoms with Gasteiger partial charge in [-0.1, -0.05) is 374 Å². The summed E-state index contributed by atoms with van der Waals surface area (Å²) >= 11 is 0. The van der Waals surface area contributed by atoms with Crippen molar-refractivity contribution in [2.45, 2.75) is 224 Å². The molecule has 582 valence electrons. The average Bonchev–Trinajstić information content (AvgIpc) is 1.50. The molecule has 3 heteroatoms. The Morgan fingerprint density at radius 1 is 0.276 bits per heavy atom. The first-order chi connectivity index (χ1) is 57.1. The van der Waals surface area contributed by atoms with E-state index in [1.54, 1.807) is 16.7 Å². The molecule has 0 aliphatic heterocycles. The van der Waals surface area contributed by atoms with Crippen molar-refractivity contribution in [1.29, 1.82) is 0 Å². The molecule has 0 atom stereocenters. The summed E-state index contributed by atoms with van der Waals surface area (Å²) in [4.78, 5) is 2.73. The molecule has 0 fully saturated rings. The Hall–Kier alpha value is -10.7. The lowest BCUT2D eigenvalue weighted by Crippen LogP contribution is -2.33. The van der Waals surface area contributed by atoms with Crippen LogP contribution < -0.4 is 4.90 Å². The monoisotopic (exact) mass is 1520 g/mol. The van der Waals surface area contributed by atoms with Crippen molar-refractivity contribution in [3.8, 4) is 44.5 Å². The van der Waals surface area contributed by atoms with Crippen molar-refractivity contribution in [3.05, 3.63) is 350 Å². The van der Waals surface area contributed by atoms with Crippen LogP contribution in [0.4, 0.5) is 17.1 Å². The van der Waals surface area contributed by atoms with Crippen LogP contribution in [0.1, 0.15) is 265 Å². The topological polar surface area (TPSA) is 29.5 Å². The van der Waals surface area contributed by atoms with Gasteiger partial charge in [0.05, 0.1) is 16.5 Å². The number of hydrogen-bond donors (Lipinski definition) is 0. The van der Waals surface area contributed by atoms with Crippen molar-refractivity contribution < 1.29 is 8.83 Å². The van der Waals surface area contributed by atoms with Crippen molar-refractivity contribution in [3.63, 3.8) is 0 Å². The second kappa shape index (κ2) is 31.4. The number of hydrogen-bond acceptors (Lipinski definition) is 3. The van der Waals surface area contributed by atoms with Gasteiger partial charge in [-0.25, -0.2) is 0 Å². The maximum atomic E-state index is 7.76. The second-order valence-corrected chi connectivity index (χ2v) is 35.1. The zero-order valence-electron chi connectivity index (χ0n) is 69.6. The third-order valence-corrected chi connectivity index (χ3v) is 28.2. The average molecular weight is 1520 g/mol. The maximum Gasteiger partial charge on any atom is 0.144 e. The van der Waals surface area contributed by atoms with Gasteiger partial charge in [-0.15, -0.1) is 0 Å². The third-order valence-electron chi connectivity index (χ3n) is 28.2. The molecule has 0 N–H and O–H groups in total. The van der Waals surface area contributed by atoms with Crippen LogP contribution in [0.3, 0.4) is 0 Å². The molecule has 4 aliphatic rings. The fourth-order valence-electron chi connectivity index (χ4n) is 23.4. The number of unbranched alkanes of at least 4 members (excludes halogenated alkanes) is 16. The molecule has 2 heterocycles. The number of benzene rings is 13. The Kier molecular flexibility index (Phi) is 20.4. The Labute approximate surface area is 689 Å². The van der Waals surface area contributed by atoms with Gasteiger partial charge in [-0.05, 0) is 218 Å². The van der Waals surface area contributed by atoms with E-state index < -0.39 is 10.8 Å². The SMILES string of the molecule is CCCCCCCC1(CCCCCCC)c2cc(N(c3ccc4c(c3)C(c3ccccc3)(c3ccccc3)c3cc5c(cc3-4)C(c3ccccc3)(c3ccccc3)c3ccc4oc6ccccc6c4c3-5)c3c(C)cc(C)cc3C)ccc2-c2c1c1c(c3c2oc2ccccc23)-c2ccccc2C1(CCCCCCC)CCCCCCC. The Bertz CT molecular complexity index is 6020. The molecule has 15 aromatic rings. The fourth-order valence-corrected chi connectivity index (χ4v) is 23.4. The zero-order valence-corrected chi connectivity index (χ0v) is 69.6. The molecule has 19 rings (SSSR count). The predicted octanol–water partition coefficient (Wildman–Crippen LogP) is 32.6. The lowest BCUT2D eigenvalue weighted by molar-refractivity contribution is 0.369. The van der Waals surface area contributed by atoms with E-state index in [0.717, 1.165) is 64.5 Å². The number of fused-ring (bicyclic) bond motifs is 22. The zero-order chi connectivity index (χ0) is 78.7. The minimum absolute atomic E-state index is 0.177. The van der Waals surface area contributed by atoms with E-state index in [4.69, 9.17) is 8.83 Å². The number of nitrogens with zero attached hydrogens (tertiary/aromatic N) is 1. The largest absolute Gasteiger partial charge is 0.456 e. The highest BCUT2D eigenvalue weighted by Gasteiger charge is 2.56. The van der Waals surface area contributed by atoms with Crippen LogP contribution >= 0.6 is 0 Å². The summed E-state index contributed by atoms with van der Waals surface area (Å²) in [6.07, 6.45) is 29.4. The molecule has 4 aliphatic carbocycles. The lowest BCUT2D eigenvalue weighted by Gasteiger charge is -2.40. The van der Waals surface area contributed by atoms with E-state index in [1.165, 1.54) is 262 Å². The van der Waals surface area contributed by atoms with Gasteiger partial charge >= 0.3 is 0 Å². The number of furan rings is 2. The van der Waals surface area contributed by atoms with Crippen LogP contribution in [0.15, 0.2) is 276 Å². The smallest absolute Gasteiger partial charge is 0.144 e. The highest BCUT2D eigenvalue weighted by Crippen LogP contribution is 2.70. The molecule has 116 heavy (non-hydrogen) atoms. The molecule has 0 saturated heterocycles. The van der Waals surface area contributed by atoms with Crippen molar-refractivity contribution >= 4 is 60.9 Å². The molecular weight excluding hydrogens is 1400 g/mol. The molecule has 0 spiro atoms. The van der Waals surface area contributed by atoms with Crippen LogP contribution in [0, 0.1) is 20.8 Å². The van der Waals surface area contributed by atoms with E-state index in [2.05, 4.69) is 320 Å². The summed E-state index contributed by atoms with van der Waals surface area (Å²) in [5, 5.41) is 4.87. The maximum absolute atomic E-state index is 7.76. The summed E-state index contributed by atoms with van der Waals surface area (Å²) in [6, 6.07) is 104. The predicted molar refractivity (Wildman–Crippen MR) is 490 cm³/mol. The number of para-hydroxylation sites is 2. The van der Waals surface area contributed by atoms with E-state index in [1.807, 2.05) is 0 Å². The van der Waals surface area contributed by atoms with E-state index >= 15 is 0 Å². The van der Waals surface area contributed by atoms with Gasteiger partial charge in [0, 0.05) is 49.3 Å². The summed E-state index contributed by atoms with van der Waals surface area (Å²) < 4.78 is 14.7. The first-order valence-electron chi connectivity index (χ1n) is 44.8. The molecule has 2 aromatic heterocycles. The van der Waals surface area contributed by atoms with Crippen LogP contribution in [0.25, 0.3) is 88.4 Å². The lowest BCUT2D eigenvalue weighted by atomic mass is 9.62. The highest BCUT2D eigenvalue weighted by atomic mass is 16.3. The molecule has 0 saturated carbocycles. The number of aryl methyl sites for hydroxylation is 3. The Balaban J connectivity index is 0.893. The summed E-state index contributed by atoms with van der Waals surface area (Å²) in [5.41, 5.74) is 36.4. The number of rotatable bonds is 31. The molecule has 13 aromatic carbocycles. The van der Waals surface area contributed by atoms with E-state index in [0.29, 0.717) is 0 Å². The summed E-state index contributed by atoms with van der Waals surface area (Å²) in [5.74, 6) is 0. The van der Waals surface area contributed by atoms with Crippen LogP contribution in [0.2, 0.25) is 0 Å². The first-order valence-corrected chi connectivity index (χ1v) is 44.8. The van der Waals surface area contributed by atoms with Gasteiger partial charge in [-0.2, -0.15) is 0 Å². The molecular formula is C113H113NO2. The van der Waals surface area contributed by atoms with Crippen LogP contribution in [-0.4, -0.2) is 0 Å². The molecule has 0 radical (unpaired) electrons. The molecule has 0 bridgehead atoms. The van der Waals surface area contributed by atoms with Gasteiger partial charge < -0.3 is 13.7 Å². The van der Waals surface area contributed by atoms with E-state index in [-0.39, 0.29) is 10.8 Å². The first kappa shape index (κ1) is 75.3. The molecule has 0 amide bonds. The quantitative estimate of drug-likeness (QED) is 0.0406. The van der Waals surface area contributed by atoms with Crippen LogP contribution in [-0.2, 0) is 21.7 Å². The van der Waals surface area contributed by atoms with Gasteiger partial charge in [0.2, 0.25) is 0 Å². The van der Waals surface area contributed by atoms with Crippen LogP contribution in [0.5, 0.6) is 0 Å². The van der Waals surface area contributed by atoms with Crippen molar-refractivity contribution in [1.82, 2.24) is 0 Å². The van der Waals surface area contributed by atoms with Gasteiger partial charge in [0.1, 0.15) is 22.3 Å². The van der Waals surface area contributed by atoms with Crippen molar-refractivity contribution in [2.24, 2.45) is 0 Å². The van der Waals surface area contributed by atoms with E-state index in [9.17, 15) is 0 Å². The second-order valence-electron chi connectivity index (χ2n) is 35.1. The van der Waals surface area contributed by atoms with Gasteiger partial charge in [0.25, 0.3) is 0 Å². The standard InChI is InChI=1S/C113H113NO2/c1-8-12-16-20-42-66-110(67-43-21-17-13-9-2)92-57-39-36-54-86(92)103-104-89-56-38-41-59-99(89)116-109(104)105-87-63-61-83(72-94(87)111(107(105)106(103)110,68-44-22-18-14-10-3)69-45-23-19-15-11-4)114(108-77(6)70-76(5)71-78(108)7)84-60-62-85-90-74-97-91(75-96(90)113(95(85)73-84,81-50-32-26-33-51-81)82-52-34-27-35-53-82)101-93(64-65-100-102(101)88-55-37-40-58-98(88)115-100)112(97,79-46-28-24-29-47-79)80-48-30-25-31-49-80/h24-41,46-65,70-75H,8-23,42-45,66-69H2,1-7H3. The van der Waals surface area contributed by atoms with Gasteiger partial charge in [-0.3, -0.25) is 0 Å². The minimum atomic E-state index is -0.781. The molecule has 3 nitrogen and oxygen atoms in total. The fraction of sp³-hybridized carbons (Fsp3) is 0.310. The number of anilines is 3.